The molecule has 0 amide bonds. The molecule has 0 aliphatic rings. The molecule has 0 rings (SSSR count). The SMILES string of the molecule is CC/C=C\C/C=C\C/C=C\C/C=C\CCCCCCCCC(=O)OCC(COP(=O)(O)OCC(O)COP(=O)(O)OCC(COC(=O)CCCCCCC/C=C\C/C=C\C/C=C\CC)OC(=O)CCCCCCC/C=C\C/C=C\C/C=C\CC)OC(=O)CCCCCCCCCCCCCCCCC. The minimum Gasteiger partial charge on any atom is -0.462 e. The van der Waals surface area contributed by atoms with E-state index in [0.29, 0.717) is 25.7 Å². The fourth-order valence-electron chi connectivity index (χ4n) is 10.8. The van der Waals surface area contributed by atoms with Gasteiger partial charge in [-0.05, 0) is 128 Å². The van der Waals surface area contributed by atoms with Gasteiger partial charge in [-0.2, -0.15) is 0 Å². The van der Waals surface area contributed by atoms with Crippen molar-refractivity contribution in [2.75, 3.05) is 39.6 Å². The molecule has 0 fully saturated rings. The van der Waals surface area contributed by atoms with E-state index in [1.165, 1.54) is 64.2 Å². The Bertz CT molecular complexity index is 2440. The fourth-order valence-corrected chi connectivity index (χ4v) is 12.4. The van der Waals surface area contributed by atoms with Crippen LogP contribution in [0.5, 0.6) is 0 Å². The van der Waals surface area contributed by atoms with E-state index in [4.69, 9.17) is 37.0 Å². The van der Waals surface area contributed by atoms with Crippen molar-refractivity contribution in [2.24, 2.45) is 0 Å². The van der Waals surface area contributed by atoms with Crippen molar-refractivity contribution >= 4 is 39.5 Å². The first kappa shape index (κ1) is 99.5. The van der Waals surface area contributed by atoms with E-state index in [-0.39, 0.29) is 25.7 Å². The Hall–Kier alpha value is -4.54. The predicted octanol–water partition coefficient (Wildman–Crippen LogP) is 23.9. The summed E-state index contributed by atoms with van der Waals surface area (Å²) in [5, 5.41) is 10.7. The summed E-state index contributed by atoms with van der Waals surface area (Å²) in [6.45, 7) is 4.53. The van der Waals surface area contributed by atoms with Crippen LogP contribution in [-0.2, 0) is 65.4 Å². The highest BCUT2D eigenvalue weighted by molar-refractivity contribution is 7.47. The highest BCUT2D eigenvalue weighted by Crippen LogP contribution is 2.45. The summed E-state index contributed by atoms with van der Waals surface area (Å²) in [5.41, 5.74) is 0. The van der Waals surface area contributed by atoms with Gasteiger partial charge in [0.15, 0.2) is 12.2 Å². The summed E-state index contributed by atoms with van der Waals surface area (Å²) < 4.78 is 68.7. The smallest absolute Gasteiger partial charge is 0.462 e. The third kappa shape index (κ3) is 75.7. The van der Waals surface area contributed by atoms with Gasteiger partial charge < -0.3 is 33.8 Å². The zero-order valence-corrected chi connectivity index (χ0v) is 67.2. The van der Waals surface area contributed by atoms with E-state index in [9.17, 15) is 43.2 Å². The van der Waals surface area contributed by atoms with Crippen LogP contribution in [0, 0.1) is 0 Å². The first-order valence-electron chi connectivity index (χ1n) is 40.8. The molecule has 0 radical (unpaired) electrons. The lowest BCUT2D eigenvalue weighted by molar-refractivity contribution is -0.161. The molecular formula is C85H146O17P2. The van der Waals surface area contributed by atoms with Gasteiger partial charge in [-0.3, -0.25) is 37.3 Å². The number of hydrogen-bond donors (Lipinski definition) is 3. The molecule has 19 heteroatoms. The Morgan fingerprint density at radius 1 is 0.279 bits per heavy atom. The molecule has 0 aromatic heterocycles. The zero-order chi connectivity index (χ0) is 76.0. The molecule has 0 aromatic rings. The predicted molar refractivity (Wildman–Crippen MR) is 427 cm³/mol. The molecule has 0 saturated carbocycles. The van der Waals surface area contributed by atoms with Crippen LogP contribution in [0.2, 0.25) is 0 Å². The molecule has 0 saturated heterocycles. The Labute approximate surface area is 632 Å². The van der Waals surface area contributed by atoms with Crippen molar-refractivity contribution in [3.8, 4) is 0 Å². The van der Waals surface area contributed by atoms with E-state index < -0.39 is 97.5 Å². The molecule has 0 heterocycles. The van der Waals surface area contributed by atoms with Gasteiger partial charge in [-0.1, -0.05) is 303 Å². The number of carbonyl (C=O) groups is 4. The van der Waals surface area contributed by atoms with E-state index in [2.05, 4.69) is 149 Å². The number of ether oxygens (including phenoxy) is 4. The van der Waals surface area contributed by atoms with E-state index in [1.807, 2.05) is 0 Å². The molecule has 0 aromatic carbocycles. The van der Waals surface area contributed by atoms with Gasteiger partial charge in [0, 0.05) is 25.7 Å². The van der Waals surface area contributed by atoms with Gasteiger partial charge in [0.25, 0.3) is 0 Å². The van der Waals surface area contributed by atoms with Crippen LogP contribution in [-0.4, -0.2) is 96.7 Å². The fraction of sp³-hybridized carbons (Fsp3) is 0.718. The number of aliphatic hydroxyl groups is 1. The van der Waals surface area contributed by atoms with Crippen LogP contribution in [0.4, 0.5) is 0 Å². The van der Waals surface area contributed by atoms with Crippen molar-refractivity contribution in [3.05, 3.63) is 122 Å². The Balaban J connectivity index is 5.38. The topological polar surface area (TPSA) is 237 Å². The normalized spacial score (nSPS) is 14.5. The lowest BCUT2D eigenvalue weighted by Crippen LogP contribution is -2.30. The highest BCUT2D eigenvalue weighted by atomic mass is 31.2. The summed E-state index contributed by atoms with van der Waals surface area (Å²) in [5.74, 6) is -2.21. The number of phosphoric ester groups is 2. The average molecular weight is 1500 g/mol. The van der Waals surface area contributed by atoms with E-state index in [0.717, 1.165) is 193 Å². The standard InChI is InChI=1S/C85H146O17P2/c1-5-9-13-17-21-25-29-33-37-38-39-40-44-46-50-54-58-62-66-70-83(88)96-76-81(102-85(90)72-68-64-60-56-52-48-43-36-32-28-24-20-16-12-8-4)78-100-104(93,94)98-74-79(86)73-97-103(91,92)99-77-80(101-84(89)71-67-63-59-55-51-47-42-35-31-27-23-19-15-11-7-3)75-95-82(87)69-65-61-57-53-49-45-41-34-30-26-22-18-14-10-6-2/h9-11,13-15,21-23,25-27,33-35,37,39-42,79-81,86H,5-8,12,16-20,24,28-32,36,38,43-78H2,1-4H3,(H,91,92)(H,93,94)/b13-9-,14-10-,15-11-,25-21-,26-22-,27-23-,37-33-,40-39-,41-34-,42-35-. The lowest BCUT2D eigenvalue weighted by atomic mass is 10.0. The molecule has 598 valence electrons. The second kappa shape index (κ2) is 76.6. The second-order valence-electron chi connectivity index (χ2n) is 26.9. The Morgan fingerprint density at radius 2 is 0.500 bits per heavy atom. The van der Waals surface area contributed by atoms with Gasteiger partial charge >= 0.3 is 39.5 Å². The van der Waals surface area contributed by atoms with E-state index >= 15 is 0 Å². The Kier molecular flexibility index (Phi) is 73.3. The summed E-state index contributed by atoms with van der Waals surface area (Å²) in [7, 11) is -9.97. The largest absolute Gasteiger partial charge is 0.472 e. The van der Waals surface area contributed by atoms with E-state index in [1.54, 1.807) is 0 Å². The number of aliphatic hydroxyl groups excluding tert-OH is 1. The monoisotopic (exact) mass is 1500 g/mol. The van der Waals surface area contributed by atoms with Crippen molar-refractivity contribution in [1.29, 1.82) is 0 Å². The number of hydrogen-bond acceptors (Lipinski definition) is 15. The van der Waals surface area contributed by atoms with Gasteiger partial charge in [0.05, 0.1) is 26.4 Å². The molecule has 5 unspecified atom stereocenters. The van der Waals surface area contributed by atoms with Crippen molar-refractivity contribution in [1.82, 2.24) is 0 Å². The third-order valence-corrected chi connectivity index (χ3v) is 18.8. The summed E-state index contributed by atoms with van der Waals surface area (Å²) in [6.07, 6.45) is 84.5. The Morgan fingerprint density at radius 3 is 0.769 bits per heavy atom. The first-order chi connectivity index (χ1) is 50.7. The van der Waals surface area contributed by atoms with Crippen LogP contribution in [0.15, 0.2) is 122 Å². The zero-order valence-electron chi connectivity index (χ0n) is 65.4. The maximum atomic E-state index is 13.1. The molecule has 3 N–H and O–H groups in total. The second-order valence-corrected chi connectivity index (χ2v) is 29.8. The maximum absolute atomic E-state index is 13.1. The molecule has 104 heavy (non-hydrogen) atoms. The molecule has 0 spiro atoms. The van der Waals surface area contributed by atoms with Crippen LogP contribution in [0.3, 0.4) is 0 Å². The number of rotatable bonds is 76. The number of esters is 4. The molecule has 17 nitrogen and oxygen atoms in total. The molecule has 0 aliphatic heterocycles. The van der Waals surface area contributed by atoms with Crippen LogP contribution in [0.25, 0.3) is 0 Å². The number of phosphoric acid groups is 2. The number of allylic oxidation sites excluding steroid dienone is 20. The third-order valence-electron chi connectivity index (χ3n) is 16.9. The summed E-state index contributed by atoms with van der Waals surface area (Å²) in [4.78, 5) is 73.1. The molecular weight excluding hydrogens is 1350 g/mol. The van der Waals surface area contributed by atoms with Crippen LogP contribution < -0.4 is 0 Å². The van der Waals surface area contributed by atoms with Crippen molar-refractivity contribution < 1.29 is 80.2 Å². The summed E-state index contributed by atoms with van der Waals surface area (Å²) in [6, 6.07) is 0. The number of unbranched alkanes of at least 4 members (excludes halogenated alkanes) is 30. The summed E-state index contributed by atoms with van der Waals surface area (Å²) >= 11 is 0. The number of carbonyl (C=O) groups excluding carboxylic acids is 4. The molecule has 0 aliphatic carbocycles. The van der Waals surface area contributed by atoms with Crippen LogP contribution >= 0.6 is 15.6 Å². The first-order valence-corrected chi connectivity index (χ1v) is 43.8. The van der Waals surface area contributed by atoms with Crippen molar-refractivity contribution in [3.63, 3.8) is 0 Å². The van der Waals surface area contributed by atoms with Gasteiger partial charge in [-0.25, -0.2) is 9.13 Å². The lowest BCUT2D eigenvalue weighted by Gasteiger charge is -2.21. The minimum atomic E-state index is -4.99. The van der Waals surface area contributed by atoms with Gasteiger partial charge in [0.1, 0.15) is 19.3 Å². The minimum absolute atomic E-state index is 0.0700. The maximum Gasteiger partial charge on any atom is 0.472 e. The molecule has 5 atom stereocenters. The quantitative estimate of drug-likeness (QED) is 0.0169. The molecule has 0 bridgehead atoms. The van der Waals surface area contributed by atoms with Crippen LogP contribution in [0.1, 0.15) is 336 Å². The van der Waals surface area contributed by atoms with Crippen molar-refractivity contribution in [2.45, 2.75) is 354 Å². The van der Waals surface area contributed by atoms with Gasteiger partial charge in [0.2, 0.25) is 0 Å². The van der Waals surface area contributed by atoms with Gasteiger partial charge in [-0.15, -0.1) is 0 Å². The highest BCUT2D eigenvalue weighted by Gasteiger charge is 2.30. The average Bonchev–Trinajstić information content (AvgIpc) is 0.918.